The SMILES string of the molecule is CC(O)(CO)CNS(=O)(=O)c1ccc(Cl)cc1[N+](=O)[O-]. The maximum Gasteiger partial charge on any atom is 0.290 e. The minimum Gasteiger partial charge on any atom is -0.393 e. The third kappa shape index (κ3) is 4.12. The zero-order valence-electron chi connectivity index (χ0n) is 10.4. The minimum absolute atomic E-state index is 0.0259. The second-order valence-corrected chi connectivity index (χ2v) is 6.52. The Morgan fingerprint density at radius 3 is 2.60 bits per heavy atom. The molecule has 0 amide bonds. The van der Waals surface area contributed by atoms with Crippen LogP contribution in [0.15, 0.2) is 23.1 Å². The van der Waals surface area contributed by atoms with Crippen LogP contribution in [0.3, 0.4) is 0 Å². The van der Waals surface area contributed by atoms with Crippen molar-refractivity contribution < 1.29 is 23.6 Å². The number of hydrogen-bond donors (Lipinski definition) is 3. The molecule has 112 valence electrons. The van der Waals surface area contributed by atoms with Gasteiger partial charge in [-0.3, -0.25) is 10.1 Å². The lowest BCUT2D eigenvalue weighted by molar-refractivity contribution is -0.387. The van der Waals surface area contributed by atoms with Crippen molar-refractivity contribution in [1.29, 1.82) is 0 Å². The van der Waals surface area contributed by atoms with Gasteiger partial charge in [-0.05, 0) is 19.1 Å². The highest BCUT2D eigenvalue weighted by Crippen LogP contribution is 2.27. The van der Waals surface area contributed by atoms with Crippen molar-refractivity contribution >= 4 is 27.3 Å². The lowest BCUT2D eigenvalue weighted by Gasteiger charge is -2.20. The zero-order chi connectivity index (χ0) is 15.6. The molecular weight excluding hydrogens is 312 g/mol. The van der Waals surface area contributed by atoms with Crippen molar-refractivity contribution in [1.82, 2.24) is 4.72 Å². The predicted molar refractivity (Wildman–Crippen MR) is 71.0 cm³/mol. The number of benzene rings is 1. The molecule has 0 spiro atoms. The van der Waals surface area contributed by atoms with E-state index >= 15 is 0 Å². The van der Waals surface area contributed by atoms with Crippen LogP contribution in [0.4, 0.5) is 5.69 Å². The van der Waals surface area contributed by atoms with Crippen molar-refractivity contribution in [3.05, 3.63) is 33.3 Å². The van der Waals surface area contributed by atoms with E-state index in [1.54, 1.807) is 0 Å². The van der Waals surface area contributed by atoms with Crippen LogP contribution in [-0.2, 0) is 10.0 Å². The van der Waals surface area contributed by atoms with Gasteiger partial charge in [0.25, 0.3) is 5.69 Å². The highest BCUT2D eigenvalue weighted by molar-refractivity contribution is 7.89. The van der Waals surface area contributed by atoms with Crippen molar-refractivity contribution in [2.24, 2.45) is 0 Å². The average molecular weight is 325 g/mol. The van der Waals surface area contributed by atoms with Crippen LogP contribution >= 0.6 is 11.6 Å². The molecule has 8 nitrogen and oxygen atoms in total. The van der Waals surface area contributed by atoms with E-state index < -0.39 is 44.3 Å². The number of nitro groups is 1. The molecular formula is C10H13ClN2O6S. The van der Waals surface area contributed by atoms with Gasteiger partial charge in [0.05, 0.1) is 17.1 Å². The molecule has 1 unspecified atom stereocenters. The third-order valence-electron chi connectivity index (χ3n) is 2.39. The second kappa shape index (κ2) is 6.02. The smallest absolute Gasteiger partial charge is 0.290 e. The number of nitro benzene ring substituents is 1. The van der Waals surface area contributed by atoms with Gasteiger partial charge in [0, 0.05) is 17.6 Å². The fraction of sp³-hybridized carbons (Fsp3) is 0.400. The summed E-state index contributed by atoms with van der Waals surface area (Å²) in [6.07, 6.45) is 0. The molecule has 0 saturated carbocycles. The Kier molecular flexibility index (Phi) is 5.05. The molecule has 0 aromatic heterocycles. The third-order valence-corrected chi connectivity index (χ3v) is 4.07. The van der Waals surface area contributed by atoms with Crippen LogP contribution < -0.4 is 4.72 Å². The summed E-state index contributed by atoms with van der Waals surface area (Å²) in [5.41, 5.74) is -2.34. The van der Waals surface area contributed by atoms with Crippen LogP contribution in [0.2, 0.25) is 5.02 Å². The Morgan fingerprint density at radius 1 is 1.50 bits per heavy atom. The van der Waals surface area contributed by atoms with E-state index in [1.807, 2.05) is 4.72 Å². The fourth-order valence-corrected chi connectivity index (χ4v) is 2.72. The van der Waals surface area contributed by atoms with Crippen molar-refractivity contribution in [3.63, 3.8) is 0 Å². The Morgan fingerprint density at radius 2 is 2.10 bits per heavy atom. The summed E-state index contributed by atoms with van der Waals surface area (Å²) in [4.78, 5) is 9.40. The number of nitrogens with zero attached hydrogens (tertiary/aromatic N) is 1. The molecule has 0 aliphatic heterocycles. The summed E-state index contributed by atoms with van der Waals surface area (Å²) >= 11 is 5.59. The topological polar surface area (TPSA) is 130 Å². The lowest BCUT2D eigenvalue weighted by atomic mass is 10.1. The monoisotopic (exact) mass is 324 g/mol. The largest absolute Gasteiger partial charge is 0.393 e. The average Bonchev–Trinajstić information content (AvgIpc) is 2.36. The molecule has 0 fully saturated rings. The molecule has 1 atom stereocenters. The van der Waals surface area contributed by atoms with Crippen LogP contribution in [0.5, 0.6) is 0 Å². The van der Waals surface area contributed by atoms with Gasteiger partial charge in [0.2, 0.25) is 10.0 Å². The van der Waals surface area contributed by atoms with E-state index in [2.05, 4.69) is 0 Å². The Bertz CT molecular complexity index is 616. The van der Waals surface area contributed by atoms with Crippen LogP contribution in [0.1, 0.15) is 6.92 Å². The molecule has 3 N–H and O–H groups in total. The first-order chi connectivity index (χ1) is 9.09. The van der Waals surface area contributed by atoms with E-state index in [9.17, 15) is 23.6 Å². The van der Waals surface area contributed by atoms with E-state index in [1.165, 1.54) is 13.0 Å². The number of nitrogens with one attached hydrogen (secondary N) is 1. The first-order valence-corrected chi connectivity index (χ1v) is 7.22. The van der Waals surface area contributed by atoms with Crippen LogP contribution in [0, 0.1) is 10.1 Å². The van der Waals surface area contributed by atoms with E-state index in [-0.39, 0.29) is 5.02 Å². The lowest BCUT2D eigenvalue weighted by Crippen LogP contribution is -2.43. The molecule has 0 saturated heterocycles. The van der Waals surface area contributed by atoms with Crippen molar-refractivity contribution in [3.8, 4) is 0 Å². The summed E-state index contributed by atoms with van der Waals surface area (Å²) in [6, 6.07) is 3.12. The number of aliphatic hydroxyl groups excluding tert-OH is 1. The van der Waals surface area contributed by atoms with Gasteiger partial charge >= 0.3 is 0 Å². The Labute approximate surface area is 120 Å². The number of hydrogen-bond acceptors (Lipinski definition) is 6. The number of halogens is 1. The fourth-order valence-electron chi connectivity index (χ4n) is 1.24. The summed E-state index contributed by atoms with van der Waals surface area (Å²) < 4.78 is 26.0. The van der Waals surface area contributed by atoms with E-state index in [4.69, 9.17) is 16.7 Å². The molecule has 0 bridgehead atoms. The van der Waals surface area contributed by atoms with Gasteiger partial charge in [-0.25, -0.2) is 13.1 Å². The molecule has 1 aromatic carbocycles. The Hall–Kier alpha value is -1.26. The van der Waals surface area contributed by atoms with Crippen LogP contribution in [0.25, 0.3) is 0 Å². The second-order valence-electron chi connectivity index (χ2n) is 4.35. The number of sulfonamides is 1. The molecule has 1 aromatic rings. The van der Waals surface area contributed by atoms with Gasteiger partial charge in [0.1, 0.15) is 0 Å². The van der Waals surface area contributed by atoms with Gasteiger partial charge in [-0.1, -0.05) is 11.6 Å². The minimum atomic E-state index is -4.22. The summed E-state index contributed by atoms with van der Waals surface area (Å²) in [5.74, 6) is 0. The maximum absolute atomic E-state index is 12.0. The van der Waals surface area contributed by atoms with Crippen molar-refractivity contribution in [2.45, 2.75) is 17.4 Å². The van der Waals surface area contributed by atoms with Gasteiger partial charge < -0.3 is 10.2 Å². The normalized spacial score (nSPS) is 14.8. The first-order valence-electron chi connectivity index (χ1n) is 5.36. The van der Waals surface area contributed by atoms with E-state index in [0.717, 1.165) is 12.1 Å². The highest BCUT2D eigenvalue weighted by atomic mass is 35.5. The van der Waals surface area contributed by atoms with Crippen LogP contribution in [-0.4, -0.2) is 42.3 Å². The Balaban J connectivity index is 3.13. The van der Waals surface area contributed by atoms with Gasteiger partial charge in [-0.15, -0.1) is 0 Å². The predicted octanol–water partition coefficient (Wildman–Crippen LogP) is 0.270. The quantitative estimate of drug-likeness (QED) is 0.508. The first kappa shape index (κ1) is 16.8. The number of rotatable bonds is 6. The van der Waals surface area contributed by atoms with E-state index in [0.29, 0.717) is 0 Å². The number of aliphatic hydroxyl groups is 2. The molecule has 0 aliphatic carbocycles. The summed E-state index contributed by atoms with van der Waals surface area (Å²) in [7, 11) is -4.22. The zero-order valence-corrected chi connectivity index (χ0v) is 12.0. The molecule has 1 rings (SSSR count). The summed E-state index contributed by atoms with van der Waals surface area (Å²) in [6.45, 7) is 0.0512. The molecule has 0 heterocycles. The molecule has 20 heavy (non-hydrogen) atoms. The maximum atomic E-state index is 12.0. The molecule has 10 heteroatoms. The van der Waals surface area contributed by atoms with Gasteiger partial charge in [-0.2, -0.15) is 0 Å². The van der Waals surface area contributed by atoms with Gasteiger partial charge in [0.15, 0.2) is 4.90 Å². The summed E-state index contributed by atoms with van der Waals surface area (Å²) in [5, 5.41) is 29.2. The molecule has 0 aliphatic rings. The highest BCUT2D eigenvalue weighted by Gasteiger charge is 2.29. The standard InChI is InChI=1S/C10H13ClN2O6S/c1-10(15,6-14)5-12-20(18,19)9-3-2-7(11)4-8(9)13(16)17/h2-4,12,14-15H,5-6H2,1H3. The van der Waals surface area contributed by atoms with Crippen molar-refractivity contribution in [2.75, 3.05) is 13.2 Å². The molecule has 0 radical (unpaired) electrons.